The Morgan fingerprint density at radius 1 is 1.14 bits per heavy atom. The number of pyridine rings is 1. The molecule has 4 heteroatoms. The number of methoxy groups -OCH3 is 1. The van der Waals surface area contributed by atoms with Crippen LogP contribution in [0.5, 0.6) is 5.75 Å². The lowest BCUT2D eigenvalue weighted by atomic mass is 10.1. The largest absolute Gasteiger partial charge is 0.497 e. The maximum Gasteiger partial charge on any atom is 0.120 e. The van der Waals surface area contributed by atoms with Gasteiger partial charge in [-0.15, -0.1) is 0 Å². The summed E-state index contributed by atoms with van der Waals surface area (Å²) >= 11 is 3.57. The second-order valence-corrected chi connectivity index (χ2v) is 5.55. The summed E-state index contributed by atoms with van der Waals surface area (Å²) in [5.41, 5.74) is 3.21. The van der Waals surface area contributed by atoms with Gasteiger partial charge >= 0.3 is 0 Å². The Labute approximate surface area is 132 Å². The minimum atomic E-state index is 0.716. The number of rotatable bonds is 4. The third kappa shape index (κ3) is 3.00. The Bertz CT molecular complexity index is 774. The minimum absolute atomic E-state index is 0.716. The van der Waals surface area contributed by atoms with Crippen LogP contribution < -0.4 is 10.1 Å². The average molecular weight is 343 g/mol. The highest BCUT2D eigenvalue weighted by atomic mass is 79.9. The number of nitrogens with zero attached hydrogens (tertiary/aromatic N) is 1. The molecule has 0 unspecified atom stereocenters. The summed E-state index contributed by atoms with van der Waals surface area (Å²) in [6.07, 6.45) is 1.82. The number of hydrogen-bond donors (Lipinski definition) is 1. The zero-order valence-electron chi connectivity index (χ0n) is 11.6. The lowest BCUT2D eigenvalue weighted by Crippen LogP contribution is -2.01. The number of anilines is 1. The number of halogens is 1. The normalized spacial score (nSPS) is 10.6. The molecule has 0 aliphatic heterocycles. The molecular formula is C17H15BrN2O. The van der Waals surface area contributed by atoms with Gasteiger partial charge in [-0.1, -0.05) is 34.1 Å². The summed E-state index contributed by atoms with van der Waals surface area (Å²) in [6, 6.07) is 16.1. The van der Waals surface area contributed by atoms with Crippen molar-refractivity contribution in [2.24, 2.45) is 0 Å². The number of fused-ring (bicyclic) bond motifs is 1. The van der Waals surface area contributed by atoms with Crippen LogP contribution in [0.15, 0.2) is 59.2 Å². The molecule has 0 spiro atoms. The van der Waals surface area contributed by atoms with E-state index in [0.717, 1.165) is 32.4 Å². The van der Waals surface area contributed by atoms with E-state index in [9.17, 15) is 0 Å². The van der Waals surface area contributed by atoms with Crippen LogP contribution in [0.2, 0.25) is 0 Å². The van der Waals surface area contributed by atoms with Gasteiger partial charge in [0.05, 0.1) is 12.6 Å². The Hall–Kier alpha value is -2.07. The highest BCUT2D eigenvalue weighted by Crippen LogP contribution is 2.26. The van der Waals surface area contributed by atoms with Crippen molar-refractivity contribution in [2.45, 2.75) is 6.54 Å². The van der Waals surface area contributed by atoms with Crippen LogP contribution in [0, 0.1) is 0 Å². The van der Waals surface area contributed by atoms with Crippen LogP contribution in [0.25, 0.3) is 10.9 Å². The molecule has 0 saturated heterocycles. The van der Waals surface area contributed by atoms with Gasteiger partial charge in [0.1, 0.15) is 5.75 Å². The quantitative estimate of drug-likeness (QED) is 0.751. The van der Waals surface area contributed by atoms with Gasteiger partial charge in [0.2, 0.25) is 0 Å². The fourth-order valence-electron chi connectivity index (χ4n) is 2.27. The molecule has 106 valence electrons. The van der Waals surface area contributed by atoms with Crippen molar-refractivity contribution in [3.05, 3.63) is 64.8 Å². The zero-order chi connectivity index (χ0) is 14.7. The van der Waals surface area contributed by atoms with E-state index >= 15 is 0 Å². The molecule has 1 heterocycles. The molecule has 0 saturated carbocycles. The van der Waals surface area contributed by atoms with Crippen LogP contribution in [0.3, 0.4) is 0 Å². The molecule has 1 aromatic heterocycles. The van der Waals surface area contributed by atoms with Gasteiger partial charge < -0.3 is 10.1 Å². The highest BCUT2D eigenvalue weighted by molar-refractivity contribution is 9.10. The molecule has 0 atom stereocenters. The predicted molar refractivity (Wildman–Crippen MR) is 89.8 cm³/mol. The van der Waals surface area contributed by atoms with Crippen LogP contribution in [-0.4, -0.2) is 12.1 Å². The number of ether oxygens (including phenoxy) is 1. The van der Waals surface area contributed by atoms with E-state index in [2.05, 4.69) is 44.4 Å². The average Bonchev–Trinajstić information content (AvgIpc) is 2.55. The number of aromatic nitrogens is 1. The maximum absolute atomic E-state index is 5.23. The molecule has 1 N–H and O–H groups in total. The van der Waals surface area contributed by atoms with Gasteiger partial charge in [0, 0.05) is 34.4 Å². The summed E-state index contributed by atoms with van der Waals surface area (Å²) in [5.74, 6) is 0.846. The molecule has 0 aliphatic carbocycles. The Morgan fingerprint density at radius 2 is 2.05 bits per heavy atom. The maximum atomic E-state index is 5.23. The Morgan fingerprint density at radius 3 is 2.90 bits per heavy atom. The van der Waals surface area contributed by atoms with E-state index in [1.165, 1.54) is 0 Å². The summed E-state index contributed by atoms with van der Waals surface area (Å²) < 4.78 is 6.30. The van der Waals surface area contributed by atoms with E-state index in [-0.39, 0.29) is 0 Å². The molecular weight excluding hydrogens is 328 g/mol. The van der Waals surface area contributed by atoms with Crippen molar-refractivity contribution < 1.29 is 4.74 Å². The van der Waals surface area contributed by atoms with Crippen molar-refractivity contribution in [2.75, 3.05) is 12.4 Å². The van der Waals surface area contributed by atoms with E-state index in [1.54, 1.807) is 7.11 Å². The van der Waals surface area contributed by atoms with Crippen LogP contribution in [0.1, 0.15) is 5.56 Å². The summed E-state index contributed by atoms with van der Waals surface area (Å²) in [5, 5.41) is 4.54. The second kappa shape index (κ2) is 6.14. The topological polar surface area (TPSA) is 34.1 Å². The van der Waals surface area contributed by atoms with Crippen molar-refractivity contribution in [3.8, 4) is 5.75 Å². The SMILES string of the molecule is COc1cccc(NCc2ccc(Br)c3cccnc23)c1. The van der Waals surface area contributed by atoms with Gasteiger partial charge in [0.15, 0.2) is 0 Å². The molecule has 0 fully saturated rings. The highest BCUT2D eigenvalue weighted by Gasteiger charge is 2.05. The van der Waals surface area contributed by atoms with Gasteiger partial charge in [-0.05, 0) is 29.8 Å². The molecule has 21 heavy (non-hydrogen) atoms. The van der Waals surface area contributed by atoms with E-state index in [4.69, 9.17) is 4.74 Å². The first-order valence-electron chi connectivity index (χ1n) is 6.68. The Balaban J connectivity index is 1.87. The molecule has 3 nitrogen and oxygen atoms in total. The number of nitrogens with one attached hydrogen (secondary N) is 1. The molecule has 0 bridgehead atoms. The smallest absolute Gasteiger partial charge is 0.120 e. The fourth-order valence-corrected chi connectivity index (χ4v) is 2.72. The van der Waals surface area contributed by atoms with E-state index in [0.29, 0.717) is 6.54 Å². The molecule has 2 aromatic carbocycles. The lowest BCUT2D eigenvalue weighted by Gasteiger charge is -2.10. The van der Waals surface area contributed by atoms with Crippen LogP contribution in [-0.2, 0) is 6.54 Å². The second-order valence-electron chi connectivity index (χ2n) is 4.69. The predicted octanol–water partition coefficient (Wildman–Crippen LogP) is 4.62. The first kappa shape index (κ1) is 13.9. The molecule has 3 rings (SSSR count). The summed E-state index contributed by atoms with van der Waals surface area (Å²) in [6.45, 7) is 0.716. The fraction of sp³-hybridized carbons (Fsp3) is 0.118. The van der Waals surface area contributed by atoms with Crippen LogP contribution >= 0.6 is 15.9 Å². The minimum Gasteiger partial charge on any atom is -0.497 e. The number of benzene rings is 2. The van der Waals surface area contributed by atoms with Crippen molar-refractivity contribution in [3.63, 3.8) is 0 Å². The van der Waals surface area contributed by atoms with E-state index < -0.39 is 0 Å². The van der Waals surface area contributed by atoms with Crippen molar-refractivity contribution in [1.82, 2.24) is 4.98 Å². The van der Waals surface area contributed by atoms with E-state index in [1.807, 2.05) is 36.5 Å². The first-order chi connectivity index (χ1) is 10.3. The van der Waals surface area contributed by atoms with Crippen molar-refractivity contribution >= 4 is 32.5 Å². The third-order valence-corrected chi connectivity index (χ3v) is 4.04. The van der Waals surface area contributed by atoms with Crippen LogP contribution in [0.4, 0.5) is 5.69 Å². The molecule has 0 radical (unpaired) electrons. The molecule has 3 aromatic rings. The van der Waals surface area contributed by atoms with Gasteiger partial charge in [0.25, 0.3) is 0 Å². The lowest BCUT2D eigenvalue weighted by molar-refractivity contribution is 0.415. The first-order valence-corrected chi connectivity index (χ1v) is 7.47. The van der Waals surface area contributed by atoms with Gasteiger partial charge in [-0.3, -0.25) is 4.98 Å². The van der Waals surface area contributed by atoms with Gasteiger partial charge in [-0.25, -0.2) is 0 Å². The van der Waals surface area contributed by atoms with Crippen molar-refractivity contribution in [1.29, 1.82) is 0 Å². The third-order valence-electron chi connectivity index (χ3n) is 3.35. The molecule has 0 aliphatic rings. The number of hydrogen-bond acceptors (Lipinski definition) is 3. The molecule has 0 amide bonds. The zero-order valence-corrected chi connectivity index (χ0v) is 13.2. The monoisotopic (exact) mass is 342 g/mol. The Kier molecular flexibility index (Phi) is 4.06. The van der Waals surface area contributed by atoms with Gasteiger partial charge in [-0.2, -0.15) is 0 Å². The summed E-state index contributed by atoms with van der Waals surface area (Å²) in [4.78, 5) is 4.49. The standard InChI is InChI=1S/C17H15BrN2O/c1-21-14-5-2-4-13(10-14)20-11-12-7-8-16(18)15-6-3-9-19-17(12)15/h2-10,20H,11H2,1H3. The summed E-state index contributed by atoms with van der Waals surface area (Å²) in [7, 11) is 1.67.